The normalized spacial score (nSPS) is 19.7. The smallest absolute Gasteiger partial charge is 0.251 e. The summed E-state index contributed by atoms with van der Waals surface area (Å²) in [6.07, 6.45) is -0.331. The largest absolute Gasteiger partial charge is 0.399 e. The van der Waals surface area contributed by atoms with Crippen LogP contribution in [0.15, 0.2) is 18.2 Å². The van der Waals surface area contributed by atoms with Crippen molar-refractivity contribution in [2.75, 3.05) is 23.7 Å². The maximum Gasteiger partial charge on any atom is 0.251 e. The Hall–Kier alpha value is -1.85. The summed E-state index contributed by atoms with van der Waals surface area (Å²) in [5.41, 5.74) is 6.94. The molecule has 0 bridgehead atoms. The van der Waals surface area contributed by atoms with Crippen LogP contribution in [0.25, 0.3) is 10.9 Å². The molecule has 3 rings (SSSR count). The van der Waals surface area contributed by atoms with E-state index in [-0.39, 0.29) is 25.9 Å². The minimum atomic E-state index is -2.58. The molecule has 4 nitrogen and oxygen atoms in total. The number of nitrogens with zero attached hydrogens (tertiary/aromatic N) is 3. The van der Waals surface area contributed by atoms with E-state index in [1.807, 2.05) is 4.90 Å². The van der Waals surface area contributed by atoms with E-state index in [0.29, 0.717) is 23.1 Å². The summed E-state index contributed by atoms with van der Waals surface area (Å²) < 4.78 is 36.0. The quantitative estimate of drug-likeness (QED) is 0.807. The summed E-state index contributed by atoms with van der Waals surface area (Å²) in [5.74, 6) is -1.94. The van der Waals surface area contributed by atoms with E-state index in [4.69, 9.17) is 7.10 Å². The molecule has 0 spiro atoms. The van der Waals surface area contributed by atoms with E-state index >= 15 is 0 Å². The van der Waals surface area contributed by atoms with Crippen LogP contribution in [0.1, 0.15) is 14.2 Å². The molecule has 1 aromatic heterocycles. The third-order valence-electron chi connectivity index (χ3n) is 3.55. The molecule has 2 N–H and O–H groups in total. The minimum absolute atomic E-state index is 0.166. The lowest BCUT2D eigenvalue weighted by atomic mass is 10.1. The molecular formula is C13H16F2N4. The summed E-state index contributed by atoms with van der Waals surface area (Å²) in [6, 6.07) is 3.62. The molecule has 19 heavy (non-hydrogen) atoms. The zero-order chi connectivity index (χ0) is 14.5. The van der Waals surface area contributed by atoms with Crippen molar-refractivity contribution in [2.45, 2.75) is 18.8 Å². The molecule has 0 amide bonds. The van der Waals surface area contributed by atoms with Crippen LogP contribution in [0.4, 0.5) is 20.3 Å². The van der Waals surface area contributed by atoms with E-state index in [0.717, 1.165) is 5.39 Å². The Morgan fingerprint density at radius 2 is 2.11 bits per heavy atom. The van der Waals surface area contributed by atoms with Gasteiger partial charge in [0, 0.05) is 44.1 Å². The lowest BCUT2D eigenvalue weighted by Crippen LogP contribution is -2.39. The number of rotatable bonds is 1. The number of hydrogen-bond donors (Lipinski definition) is 1. The van der Waals surface area contributed by atoms with Crippen LogP contribution in [0.5, 0.6) is 0 Å². The topological polar surface area (TPSA) is 47.1 Å². The Morgan fingerprint density at radius 3 is 2.79 bits per heavy atom. The van der Waals surface area contributed by atoms with E-state index < -0.39 is 5.92 Å². The minimum Gasteiger partial charge on any atom is -0.399 e. The lowest BCUT2D eigenvalue weighted by molar-refractivity contribution is -0.0221. The summed E-state index contributed by atoms with van der Waals surface area (Å²) in [4.78, 5) is 1.85. The molecule has 6 heteroatoms. The molecule has 0 aliphatic carbocycles. The number of aryl methyl sites for hydroxylation is 1. The van der Waals surface area contributed by atoms with Gasteiger partial charge in [-0.2, -0.15) is 5.10 Å². The van der Waals surface area contributed by atoms with E-state index in [2.05, 4.69) is 5.10 Å². The number of halogens is 2. The van der Waals surface area contributed by atoms with Crippen molar-refractivity contribution in [2.24, 2.45) is 7.05 Å². The predicted molar refractivity (Wildman–Crippen MR) is 71.5 cm³/mol. The molecule has 2 heterocycles. The molecule has 102 valence electrons. The number of nitrogens with two attached hydrogens (primary N) is 1. The third-order valence-corrected chi connectivity index (χ3v) is 3.55. The summed E-state index contributed by atoms with van der Waals surface area (Å²) in [5, 5.41) is 5.14. The highest BCUT2D eigenvalue weighted by molar-refractivity contribution is 5.92. The van der Waals surface area contributed by atoms with Gasteiger partial charge < -0.3 is 10.6 Å². The van der Waals surface area contributed by atoms with Crippen LogP contribution in [0.2, 0.25) is 0 Å². The maximum atomic E-state index is 13.2. The highest BCUT2D eigenvalue weighted by atomic mass is 19.3. The first-order chi connectivity index (χ1) is 9.37. The Balaban J connectivity index is 2.05. The van der Waals surface area contributed by atoms with E-state index in [1.54, 1.807) is 23.9 Å². The molecule has 0 atom stereocenters. The van der Waals surface area contributed by atoms with Crippen LogP contribution in [0, 0.1) is 0 Å². The van der Waals surface area contributed by atoms with E-state index in [1.165, 1.54) is 0 Å². The second-order valence-electron chi connectivity index (χ2n) is 4.99. The number of alkyl halides is 2. The van der Waals surface area contributed by atoms with Gasteiger partial charge in [0.2, 0.25) is 0 Å². The summed E-state index contributed by atoms with van der Waals surface area (Å²) >= 11 is 0. The van der Waals surface area contributed by atoms with Gasteiger partial charge in [-0.15, -0.1) is 0 Å². The van der Waals surface area contributed by atoms with Gasteiger partial charge >= 0.3 is 0 Å². The van der Waals surface area contributed by atoms with Crippen molar-refractivity contribution in [3.05, 3.63) is 18.2 Å². The Morgan fingerprint density at radius 1 is 1.42 bits per heavy atom. The first-order valence-corrected chi connectivity index (χ1v) is 6.23. The average Bonchev–Trinajstić information content (AvgIpc) is 2.66. The molecule has 0 saturated carbocycles. The highest BCUT2D eigenvalue weighted by Crippen LogP contribution is 2.33. The second kappa shape index (κ2) is 4.08. The molecule has 1 aromatic carbocycles. The Kier molecular flexibility index (Phi) is 2.36. The van der Waals surface area contributed by atoms with Gasteiger partial charge in [0.05, 0.1) is 6.89 Å². The third kappa shape index (κ3) is 2.11. The molecule has 1 fully saturated rings. The monoisotopic (exact) mass is 267 g/mol. The van der Waals surface area contributed by atoms with Crippen molar-refractivity contribution in [3.63, 3.8) is 0 Å². The fraction of sp³-hybridized carbons (Fsp3) is 0.462. The number of nitrogen functional groups attached to an aromatic ring is 1. The number of fused-ring (bicyclic) bond motifs is 1. The van der Waals surface area contributed by atoms with Gasteiger partial charge in [-0.1, -0.05) is 0 Å². The fourth-order valence-electron chi connectivity index (χ4n) is 2.47. The SMILES string of the molecule is [2H]c1cc(N)cc2c(N3CCC(F)(F)CC3)nn(C)c12. The zero-order valence-corrected chi connectivity index (χ0v) is 10.7. The highest BCUT2D eigenvalue weighted by Gasteiger charge is 2.35. The van der Waals surface area contributed by atoms with Crippen LogP contribution in [-0.2, 0) is 7.05 Å². The van der Waals surface area contributed by atoms with Crippen molar-refractivity contribution in [1.82, 2.24) is 9.78 Å². The van der Waals surface area contributed by atoms with Gasteiger partial charge in [-0.3, -0.25) is 4.68 Å². The van der Waals surface area contributed by atoms with Gasteiger partial charge in [0.1, 0.15) is 0 Å². The molecule has 0 radical (unpaired) electrons. The van der Waals surface area contributed by atoms with Crippen LogP contribution in [-0.4, -0.2) is 28.8 Å². The van der Waals surface area contributed by atoms with Crippen LogP contribution >= 0.6 is 0 Å². The molecule has 1 aliphatic rings. The predicted octanol–water partition coefficient (Wildman–Crippen LogP) is 2.39. The van der Waals surface area contributed by atoms with E-state index in [9.17, 15) is 8.78 Å². The van der Waals surface area contributed by atoms with Gasteiger partial charge in [-0.25, -0.2) is 8.78 Å². The fourth-order valence-corrected chi connectivity index (χ4v) is 2.47. The number of benzene rings is 1. The van der Waals surface area contributed by atoms with Gasteiger partial charge in [0.15, 0.2) is 5.82 Å². The molecule has 0 unspecified atom stereocenters. The van der Waals surface area contributed by atoms with Crippen molar-refractivity contribution in [1.29, 1.82) is 0 Å². The molecule has 2 aromatic rings. The van der Waals surface area contributed by atoms with Crippen molar-refractivity contribution in [3.8, 4) is 0 Å². The maximum absolute atomic E-state index is 13.2. The van der Waals surface area contributed by atoms with Crippen molar-refractivity contribution < 1.29 is 10.2 Å². The lowest BCUT2D eigenvalue weighted by Gasteiger charge is -2.32. The first kappa shape index (κ1) is 11.0. The Labute approximate surface area is 111 Å². The standard InChI is InChI=1S/C13H16F2N4/c1-18-11-3-2-9(16)8-10(11)12(17-18)19-6-4-13(14,15)5-7-19/h2-3,8H,4-7,16H2,1H3/i3D. The van der Waals surface area contributed by atoms with Crippen molar-refractivity contribution >= 4 is 22.4 Å². The molecule has 1 saturated heterocycles. The number of aromatic nitrogens is 2. The van der Waals surface area contributed by atoms with Gasteiger partial charge in [0.25, 0.3) is 5.92 Å². The summed E-state index contributed by atoms with van der Waals surface area (Å²) in [6.45, 7) is 0.530. The van der Waals surface area contributed by atoms with Crippen LogP contribution < -0.4 is 10.6 Å². The van der Waals surface area contributed by atoms with Gasteiger partial charge in [-0.05, 0) is 18.2 Å². The van der Waals surface area contributed by atoms with Crippen LogP contribution in [0.3, 0.4) is 0 Å². The number of anilines is 2. The second-order valence-corrected chi connectivity index (χ2v) is 4.99. The first-order valence-electron chi connectivity index (χ1n) is 6.73. The number of piperidine rings is 1. The number of hydrogen-bond acceptors (Lipinski definition) is 3. The Bertz CT molecular complexity index is 658. The summed E-state index contributed by atoms with van der Waals surface area (Å²) in [7, 11) is 1.75. The zero-order valence-electron chi connectivity index (χ0n) is 11.7. The average molecular weight is 267 g/mol. The molecule has 1 aliphatic heterocycles. The molecular weight excluding hydrogens is 250 g/mol.